The van der Waals surface area contributed by atoms with E-state index in [2.05, 4.69) is 4.98 Å². The third-order valence-corrected chi connectivity index (χ3v) is 2.90. The Labute approximate surface area is 104 Å². The fraction of sp³-hybridized carbons (Fsp3) is 0.0714. The van der Waals surface area contributed by atoms with Gasteiger partial charge in [-0.05, 0) is 42.8 Å². The van der Waals surface area contributed by atoms with Crippen molar-refractivity contribution in [2.75, 3.05) is 5.73 Å². The minimum atomic E-state index is -0.290. The molecule has 3 nitrogen and oxygen atoms in total. The van der Waals surface area contributed by atoms with Crippen molar-refractivity contribution in [1.82, 2.24) is 9.55 Å². The summed E-state index contributed by atoms with van der Waals surface area (Å²) < 4.78 is 15.1. The largest absolute Gasteiger partial charge is 0.369 e. The van der Waals surface area contributed by atoms with Crippen LogP contribution >= 0.6 is 0 Å². The van der Waals surface area contributed by atoms with Crippen LogP contribution in [0.25, 0.3) is 16.7 Å². The zero-order valence-corrected chi connectivity index (χ0v) is 9.89. The molecular weight excluding hydrogens is 229 g/mol. The lowest BCUT2D eigenvalue weighted by atomic mass is 10.2. The predicted octanol–water partition coefficient (Wildman–Crippen LogP) is 3.06. The van der Waals surface area contributed by atoms with Crippen molar-refractivity contribution in [3.63, 3.8) is 0 Å². The fourth-order valence-corrected chi connectivity index (χ4v) is 2.09. The number of nitrogens with zero attached hydrogens (tertiary/aromatic N) is 2. The molecule has 3 rings (SSSR count). The first kappa shape index (κ1) is 10.8. The third kappa shape index (κ3) is 1.62. The lowest BCUT2D eigenvalue weighted by Crippen LogP contribution is -2.00. The number of hydrogen-bond donors (Lipinski definition) is 1. The summed E-state index contributed by atoms with van der Waals surface area (Å²) in [6, 6.07) is 12.2. The Morgan fingerprint density at radius 2 is 2.00 bits per heavy atom. The van der Waals surface area contributed by atoms with Crippen molar-refractivity contribution in [1.29, 1.82) is 0 Å². The molecule has 3 aromatic rings. The molecule has 0 aliphatic rings. The number of nitrogen functional groups attached to an aromatic ring is 1. The number of aromatic nitrogens is 2. The normalized spacial score (nSPS) is 11.0. The van der Waals surface area contributed by atoms with E-state index in [1.807, 2.05) is 31.2 Å². The lowest BCUT2D eigenvalue weighted by Gasteiger charge is -2.06. The Kier molecular flexibility index (Phi) is 2.30. The van der Waals surface area contributed by atoms with Crippen LogP contribution in [0.15, 0.2) is 42.5 Å². The summed E-state index contributed by atoms with van der Waals surface area (Å²) >= 11 is 0. The van der Waals surface area contributed by atoms with Gasteiger partial charge in [0.1, 0.15) is 5.82 Å². The molecule has 2 aromatic carbocycles. The molecule has 0 unspecified atom stereocenters. The lowest BCUT2D eigenvalue weighted by molar-refractivity contribution is 0.627. The maximum atomic E-state index is 13.3. The van der Waals surface area contributed by atoms with Gasteiger partial charge in [-0.15, -0.1) is 0 Å². The van der Waals surface area contributed by atoms with Gasteiger partial charge < -0.3 is 5.73 Å². The summed E-state index contributed by atoms with van der Waals surface area (Å²) in [5, 5.41) is 0. The zero-order chi connectivity index (χ0) is 12.7. The maximum absolute atomic E-state index is 13.3. The fourth-order valence-electron chi connectivity index (χ4n) is 2.09. The highest BCUT2D eigenvalue weighted by Gasteiger charge is 2.10. The highest BCUT2D eigenvalue weighted by molar-refractivity contribution is 5.81. The first-order valence-corrected chi connectivity index (χ1v) is 5.66. The van der Waals surface area contributed by atoms with Crippen LogP contribution in [0.5, 0.6) is 0 Å². The molecule has 0 saturated heterocycles. The summed E-state index contributed by atoms with van der Waals surface area (Å²) in [4.78, 5) is 4.28. The van der Waals surface area contributed by atoms with Gasteiger partial charge in [0.2, 0.25) is 5.95 Å². The highest BCUT2D eigenvalue weighted by atomic mass is 19.1. The molecule has 0 aliphatic carbocycles. The van der Waals surface area contributed by atoms with Crippen LogP contribution in [0, 0.1) is 12.7 Å². The third-order valence-electron chi connectivity index (χ3n) is 2.90. The monoisotopic (exact) mass is 241 g/mol. The predicted molar refractivity (Wildman–Crippen MR) is 70.2 cm³/mol. The maximum Gasteiger partial charge on any atom is 0.205 e. The number of imidazole rings is 1. The van der Waals surface area contributed by atoms with Crippen molar-refractivity contribution in [2.24, 2.45) is 0 Å². The quantitative estimate of drug-likeness (QED) is 0.711. The summed E-state index contributed by atoms with van der Waals surface area (Å²) in [6.07, 6.45) is 0. The minimum Gasteiger partial charge on any atom is -0.369 e. The summed E-state index contributed by atoms with van der Waals surface area (Å²) in [5.74, 6) is 0.0719. The van der Waals surface area contributed by atoms with Gasteiger partial charge >= 0.3 is 0 Å². The van der Waals surface area contributed by atoms with Gasteiger partial charge in [-0.25, -0.2) is 9.37 Å². The molecule has 0 aliphatic heterocycles. The van der Waals surface area contributed by atoms with Crippen LogP contribution in [-0.2, 0) is 0 Å². The van der Waals surface area contributed by atoms with E-state index in [0.717, 1.165) is 16.6 Å². The van der Waals surface area contributed by atoms with Crippen molar-refractivity contribution in [2.45, 2.75) is 6.92 Å². The average Bonchev–Trinajstić information content (AvgIpc) is 2.64. The molecule has 0 saturated carbocycles. The van der Waals surface area contributed by atoms with Gasteiger partial charge in [0.25, 0.3) is 0 Å². The Morgan fingerprint density at radius 3 is 2.78 bits per heavy atom. The number of hydrogen-bond acceptors (Lipinski definition) is 2. The van der Waals surface area contributed by atoms with Crippen molar-refractivity contribution >= 4 is 17.0 Å². The van der Waals surface area contributed by atoms with E-state index in [0.29, 0.717) is 11.6 Å². The number of rotatable bonds is 1. The molecule has 2 N–H and O–H groups in total. The number of aryl methyl sites for hydroxylation is 1. The number of fused-ring (bicyclic) bond motifs is 1. The van der Waals surface area contributed by atoms with Gasteiger partial charge in [0, 0.05) is 0 Å². The Bertz CT molecular complexity index is 731. The Morgan fingerprint density at radius 1 is 1.17 bits per heavy atom. The van der Waals surface area contributed by atoms with E-state index in [4.69, 9.17) is 5.73 Å². The molecule has 0 bridgehead atoms. The molecule has 0 amide bonds. The molecule has 18 heavy (non-hydrogen) atoms. The second-order valence-corrected chi connectivity index (χ2v) is 4.28. The first-order valence-electron chi connectivity index (χ1n) is 5.66. The second kappa shape index (κ2) is 3.84. The van der Waals surface area contributed by atoms with Crippen molar-refractivity contribution in [3.05, 3.63) is 53.8 Å². The van der Waals surface area contributed by atoms with Gasteiger partial charge in [-0.3, -0.25) is 4.57 Å². The number of anilines is 1. The smallest absolute Gasteiger partial charge is 0.205 e. The van der Waals surface area contributed by atoms with E-state index in [9.17, 15) is 4.39 Å². The second-order valence-electron chi connectivity index (χ2n) is 4.28. The zero-order valence-electron chi connectivity index (χ0n) is 9.89. The van der Waals surface area contributed by atoms with Crippen LogP contribution in [0.3, 0.4) is 0 Å². The Hall–Kier alpha value is -2.36. The average molecular weight is 241 g/mol. The van der Waals surface area contributed by atoms with E-state index in [1.165, 1.54) is 12.1 Å². The first-order chi connectivity index (χ1) is 8.65. The molecule has 1 aromatic heterocycles. The molecule has 0 atom stereocenters. The Balaban J connectivity index is 2.34. The SMILES string of the molecule is Cc1ccc2nc(N)n(-c3cccc(F)c3)c2c1. The molecule has 90 valence electrons. The molecule has 4 heteroatoms. The summed E-state index contributed by atoms with van der Waals surface area (Å²) in [7, 11) is 0. The van der Waals surface area contributed by atoms with Crippen molar-refractivity contribution < 1.29 is 4.39 Å². The van der Waals surface area contributed by atoms with E-state index in [1.54, 1.807) is 10.6 Å². The van der Waals surface area contributed by atoms with E-state index < -0.39 is 0 Å². The topological polar surface area (TPSA) is 43.8 Å². The van der Waals surface area contributed by atoms with Crippen LogP contribution < -0.4 is 5.73 Å². The van der Waals surface area contributed by atoms with Gasteiger partial charge in [-0.1, -0.05) is 12.1 Å². The van der Waals surface area contributed by atoms with Gasteiger partial charge in [0.05, 0.1) is 16.7 Å². The molecule has 0 fully saturated rings. The van der Waals surface area contributed by atoms with Crippen molar-refractivity contribution in [3.8, 4) is 5.69 Å². The number of nitrogens with two attached hydrogens (primary N) is 1. The standard InChI is InChI=1S/C14H12FN3/c1-9-5-6-12-13(7-9)18(14(16)17-12)11-4-2-3-10(15)8-11/h2-8H,1H3,(H2,16,17). The molecular formula is C14H12FN3. The van der Waals surface area contributed by atoms with Gasteiger partial charge in [0.15, 0.2) is 0 Å². The van der Waals surface area contributed by atoms with Crippen LogP contribution in [-0.4, -0.2) is 9.55 Å². The van der Waals surface area contributed by atoms with E-state index >= 15 is 0 Å². The van der Waals surface area contributed by atoms with Crippen LogP contribution in [0.1, 0.15) is 5.56 Å². The van der Waals surface area contributed by atoms with E-state index in [-0.39, 0.29) is 5.82 Å². The highest BCUT2D eigenvalue weighted by Crippen LogP contribution is 2.24. The molecule has 1 heterocycles. The van der Waals surface area contributed by atoms with Gasteiger partial charge in [-0.2, -0.15) is 0 Å². The van der Waals surface area contributed by atoms with Crippen LogP contribution in [0.4, 0.5) is 10.3 Å². The minimum absolute atomic E-state index is 0.290. The molecule has 0 radical (unpaired) electrons. The summed E-state index contributed by atoms with van der Waals surface area (Å²) in [6.45, 7) is 2.00. The molecule has 0 spiro atoms. The van der Waals surface area contributed by atoms with Crippen LogP contribution in [0.2, 0.25) is 0 Å². The summed E-state index contributed by atoms with van der Waals surface area (Å²) in [5.41, 5.74) is 9.40. The number of halogens is 1. The number of benzene rings is 2.